The highest BCUT2D eigenvalue weighted by atomic mass is 16.3. The fourth-order valence-electron chi connectivity index (χ4n) is 2.23. The van der Waals surface area contributed by atoms with E-state index >= 15 is 0 Å². The number of hydrogen-bond acceptors (Lipinski definition) is 4. The summed E-state index contributed by atoms with van der Waals surface area (Å²) in [6, 6.07) is 7.31. The van der Waals surface area contributed by atoms with Crippen LogP contribution in [-0.2, 0) is 0 Å². The summed E-state index contributed by atoms with van der Waals surface area (Å²) in [5.74, 6) is -0.332. The van der Waals surface area contributed by atoms with E-state index in [1.165, 1.54) is 6.08 Å². The summed E-state index contributed by atoms with van der Waals surface area (Å²) in [5.41, 5.74) is 10.9. The van der Waals surface area contributed by atoms with Gasteiger partial charge in [0.15, 0.2) is 6.04 Å². The third-order valence-electron chi connectivity index (χ3n) is 3.29. The zero-order valence-corrected chi connectivity index (χ0v) is 11.4. The predicted octanol–water partition coefficient (Wildman–Crippen LogP) is -0.0456. The molecule has 0 radical (unpaired) electrons. The van der Waals surface area contributed by atoms with E-state index in [2.05, 4.69) is 22.6 Å². The maximum absolute atomic E-state index is 11.8. The second kappa shape index (κ2) is 5.68. The molecule has 0 aliphatic carbocycles. The molecule has 2 atom stereocenters. The number of nitrogens with zero attached hydrogens (tertiary/aromatic N) is 1. The number of nitrogens with two attached hydrogens (primary N) is 1. The number of quaternary nitrogens is 1. The lowest BCUT2D eigenvalue weighted by Gasteiger charge is -2.15. The van der Waals surface area contributed by atoms with Crippen LogP contribution in [0.1, 0.15) is 0 Å². The number of nitrogen functional groups attached to an aromatic ring is 1. The predicted molar refractivity (Wildman–Crippen MR) is 81.3 cm³/mol. The van der Waals surface area contributed by atoms with Gasteiger partial charge in [-0.05, 0) is 42.3 Å². The SMILES string of the molecule is Nc1ccccc1N=C([O-])/C=C/C1=CC2C=CC=C[NH+]2N1. The van der Waals surface area contributed by atoms with Crippen molar-refractivity contribution in [2.75, 3.05) is 5.73 Å². The number of nitrogens with one attached hydrogen (secondary N) is 2. The molecule has 5 nitrogen and oxygen atoms in total. The number of aliphatic imine (C=N–C) groups is 1. The second-order valence-electron chi connectivity index (χ2n) is 4.81. The van der Waals surface area contributed by atoms with Crippen LogP contribution in [0.4, 0.5) is 11.4 Å². The van der Waals surface area contributed by atoms with Gasteiger partial charge in [0.2, 0.25) is 0 Å². The van der Waals surface area contributed by atoms with E-state index < -0.39 is 0 Å². The molecule has 0 aromatic heterocycles. The first-order chi connectivity index (χ1) is 10.2. The van der Waals surface area contributed by atoms with Crippen molar-refractivity contribution in [2.45, 2.75) is 6.04 Å². The molecule has 1 aromatic carbocycles. The molecule has 21 heavy (non-hydrogen) atoms. The normalized spacial score (nSPS) is 24.0. The maximum Gasteiger partial charge on any atom is 0.154 e. The molecule has 4 N–H and O–H groups in total. The molecule has 2 heterocycles. The van der Waals surface area contributed by atoms with Crippen molar-refractivity contribution < 1.29 is 10.1 Å². The molecular weight excluding hydrogens is 264 g/mol. The lowest BCUT2D eigenvalue weighted by atomic mass is 10.2. The van der Waals surface area contributed by atoms with Gasteiger partial charge in [-0.15, -0.1) is 0 Å². The average Bonchev–Trinajstić information content (AvgIpc) is 2.90. The standard InChI is InChI=1S/C16H16N4O/c17-14-6-1-2-7-15(14)18-16(21)9-8-12-11-13-5-3-4-10-20(13)19-12/h1-11,13,19H,17H2,(H,18,21)/b9-8+. The number of benzene rings is 1. The van der Waals surface area contributed by atoms with E-state index in [1.54, 1.807) is 24.3 Å². The fraction of sp³-hybridized carbons (Fsp3) is 0.0625. The van der Waals surface area contributed by atoms with Crippen molar-refractivity contribution in [2.24, 2.45) is 4.99 Å². The molecule has 1 aromatic rings. The van der Waals surface area contributed by atoms with E-state index in [-0.39, 0.29) is 11.9 Å². The molecule has 3 rings (SSSR count). The fourth-order valence-corrected chi connectivity index (χ4v) is 2.23. The topological polar surface area (TPSA) is 77.9 Å². The van der Waals surface area contributed by atoms with Crippen LogP contribution in [0, 0.1) is 0 Å². The van der Waals surface area contributed by atoms with Gasteiger partial charge in [-0.3, -0.25) is 4.99 Å². The number of para-hydroxylation sites is 2. The highest BCUT2D eigenvalue weighted by Crippen LogP contribution is 2.20. The van der Waals surface area contributed by atoms with E-state index in [9.17, 15) is 5.11 Å². The minimum Gasteiger partial charge on any atom is -0.859 e. The highest BCUT2D eigenvalue weighted by molar-refractivity contribution is 5.87. The van der Waals surface area contributed by atoms with Crippen molar-refractivity contribution in [3.05, 3.63) is 72.6 Å². The monoisotopic (exact) mass is 280 g/mol. The molecule has 2 aliphatic rings. The molecule has 2 unspecified atom stereocenters. The molecular formula is C16H16N4O. The number of fused-ring (bicyclic) bond motifs is 1. The van der Waals surface area contributed by atoms with Gasteiger partial charge in [0.1, 0.15) is 6.20 Å². The Hall–Kier alpha value is -2.79. The summed E-state index contributed by atoms with van der Waals surface area (Å²) in [6.45, 7) is 0. The molecule has 106 valence electrons. The Kier molecular flexibility index (Phi) is 3.57. The molecule has 2 aliphatic heterocycles. The smallest absolute Gasteiger partial charge is 0.154 e. The molecule has 0 bridgehead atoms. The lowest BCUT2D eigenvalue weighted by Crippen LogP contribution is -3.15. The first kappa shape index (κ1) is 13.2. The van der Waals surface area contributed by atoms with Gasteiger partial charge in [0.25, 0.3) is 0 Å². The molecule has 0 saturated carbocycles. The summed E-state index contributed by atoms with van der Waals surface area (Å²) >= 11 is 0. The number of rotatable bonds is 3. The van der Waals surface area contributed by atoms with E-state index in [1.807, 2.05) is 24.4 Å². The van der Waals surface area contributed by atoms with E-state index in [4.69, 9.17) is 5.73 Å². The Morgan fingerprint density at radius 2 is 2.19 bits per heavy atom. The van der Waals surface area contributed by atoms with Crippen molar-refractivity contribution in [1.82, 2.24) is 5.43 Å². The number of hydrogen-bond donors (Lipinski definition) is 3. The van der Waals surface area contributed by atoms with Crippen molar-refractivity contribution in [1.29, 1.82) is 0 Å². The quantitative estimate of drug-likeness (QED) is 0.413. The Balaban J connectivity index is 1.71. The maximum atomic E-state index is 11.8. The third kappa shape index (κ3) is 3.04. The summed E-state index contributed by atoms with van der Waals surface area (Å²) in [4.78, 5) is 3.97. The summed E-state index contributed by atoms with van der Waals surface area (Å²) in [7, 11) is 0. The second-order valence-corrected chi connectivity index (χ2v) is 4.81. The van der Waals surface area contributed by atoms with Gasteiger partial charge < -0.3 is 10.8 Å². The van der Waals surface area contributed by atoms with Gasteiger partial charge in [-0.25, -0.2) is 5.43 Å². The van der Waals surface area contributed by atoms with Gasteiger partial charge in [0, 0.05) is 6.08 Å². The van der Waals surface area contributed by atoms with Crippen molar-refractivity contribution in [3.63, 3.8) is 0 Å². The average molecular weight is 280 g/mol. The third-order valence-corrected chi connectivity index (χ3v) is 3.29. The Labute approximate surface area is 123 Å². The van der Waals surface area contributed by atoms with Gasteiger partial charge in [0.05, 0.1) is 17.1 Å². The molecule has 0 spiro atoms. The van der Waals surface area contributed by atoms with Gasteiger partial charge >= 0.3 is 0 Å². The summed E-state index contributed by atoms with van der Waals surface area (Å²) in [5, 5.41) is 13.0. The van der Waals surface area contributed by atoms with E-state index in [0.29, 0.717) is 11.4 Å². The Bertz CT molecular complexity index is 685. The van der Waals surface area contributed by atoms with Crippen LogP contribution >= 0.6 is 0 Å². The van der Waals surface area contributed by atoms with Crippen LogP contribution < -0.4 is 21.3 Å². The molecule has 0 amide bonds. The molecule has 0 fully saturated rings. The van der Waals surface area contributed by atoms with Gasteiger partial charge in [-0.2, -0.15) is 5.01 Å². The molecule has 0 saturated heterocycles. The summed E-state index contributed by atoms with van der Waals surface area (Å²) in [6.07, 6.45) is 13.4. The number of anilines is 1. The highest BCUT2D eigenvalue weighted by Gasteiger charge is 2.24. The first-order valence-electron chi connectivity index (χ1n) is 6.71. The minimum atomic E-state index is -0.332. The summed E-state index contributed by atoms with van der Waals surface area (Å²) < 4.78 is 0. The van der Waals surface area contributed by atoms with Crippen LogP contribution in [0.5, 0.6) is 0 Å². The largest absolute Gasteiger partial charge is 0.859 e. The zero-order chi connectivity index (χ0) is 14.7. The lowest BCUT2D eigenvalue weighted by molar-refractivity contribution is -0.895. The zero-order valence-electron chi connectivity index (χ0n) is 11.4. The van der Waals surface area contributed by atoms with Crippen LogP contribution in [0.3, 0.4) is 0 Å². The Morgan fingerprint density at radius 3 is 3.00 bits per heavy atom. The van der Waals surface area contributed by atoms with E-state index in [0.717, 1.165) is 10.7 Å². The van der Waals surface area contributed by atoms with Crippen LogP contribution in [-0.4, -0.2) is 11.9 Å². The van der Waals surface area contributed by atoms with Crippen molar-refractivity contribution >= 4 is 17.3 Å². The van der Waals surface area contributed by atoms with Gasteiger partial charge in [-0.1, -0.05) is 18.2 Å². The first-order valence-corrected chi connectivity index (χ1v) is 6.71. The number of allylic oxidation sites excluding steroid dienone is 3. The van der Waals surface area contributed by atoms with Crippen LogP contribution in [0.15, 0.2) is 77.6 Å². The van der Waals surface area contributed by atoms with Crippen LogP contribution in [0.2, 0.25) is 0 Å². The molecule has 5 heteroatoms. The van der Waals surface area contributed by atoms with Crippen molar-refractivity contribution in [3.8, 4) is 0 Å². The Morgan fingerprint density at radius 1 is 1.33 bits per heavy atom. The van der Waals surface area contributed by atoms with Crippen LogP contribution in [0.25, 0.3) is 0 Å². The minimum absolute atomic E-state index is 0.270.